The van der Waals surface area contributed by atoms with Crippen molar-refractivity contribution in [3.05, 3.63) is 35.9 Å². The van der Waals surface area contributed by atoms with E-state index in [1.54, 1.807) is 13.8 Å². The lowest BCUT2D eigenvalue weighted by Crippen LogP contribution is -2.57. The van der Waals surface area contributed by atoms with Gasteiger partial charge in [0.2, 0.25) is 23.6 Å². The van der Waals surface area contributed by atoms with Crippen molar-refractivity contribution in [2.24, 2.45) is 5.92 Å². The highest BCUT2D eigenvalue weighted by molar-refractivity contribution is 6.31. The minimum Gasteiger partial charge on any atom is -0.343 e. The van der Waals surface area contributed by atoms with Crippen LogP contribution in [0.2, 0.25) is 0 Å². The molecule has 2 fully saturated rings. The fraction of sp³-hybridized carbons (Fsp3) is 0.542. The molecule has 0 radical (unpaired) electrons. The van der Waals surface area contributed by atoms with Crippen LogP contribution in [0.15, 0.2) is 30.3 Å². The van der Waals surface area contributed by atoms with Crippen molar-refractivity contribution in [3.8, 4) is 0 Å². The molecule has 1 aromatic rings. The molecule has 4 N–H and O–H groups in total. The number of carbonyl (C=O) groups excluding carboxylic acids is 5. The van der Waals surface area contributed by atoms with Crippen LogP contribution in [0.5, 0.6) is 0 Å². The number of amides is 5. The van der Waals surface area contributed by atoms with Crippen molar-refractivity contribution in [2.45, 2.75) is 69.7 Å². The van der Waals surface area contributed by atoms with Crippen molar-refractivity contribution < 1.29 is 24.0 Å². The number of carbonyl (C=O) groups is 5. The van der Waals surface area contributed by atoms with E-state index in [0.29, 0.717) is 19.4 Å². The zero-order valence-electron chi connectivity index (χ0n) is 20.0. The van der Waals surface area contributed by atoms with Crippen molar-refractivity contribution >= 4 is 41.1 Å². The summed E-state index contributed by atoms with van der Waals surface area (Å²) in [5.74, 6) is -3.17. The smallest absolute Gasteiger partial charge is 0.261 e. The lowest BCUT2D eigenvalue weighted by Gasteiger charge is -2.28. The average molecular weight is 506 g/mol. The van der Waals surface area contributed by atoms with E-state index < -0.39 is 59.2 Å². The van der Waals surface area contributed by atoms with E-state index in [1.807, 2.05) is 30.3 Å². The van der Waals surface area contributed by atoms with Gasteiger partial charge in [0.05, 0.1) is 0 Å². The van der Waals surface area contributed by atoms with Gasteiger partial charge in [-0.2, -0.15) is 0 Å². The van der Waals surface area contributed by atoms with E-state index in [1.165, 1.54) is 11.8 Å². The number of halogens is 1. The molecular weight excluding hydrogens is 474 g/mol. The highest BCUT2D eigenvalue weighted by Crippen LogP contribution is 2.20. The predicted octanol–water partition coefficient (Wildman–Crippen LogP) is 0.0451. The average Bonchev–Trinajstić information content (AvgIpc) is 3.31. The highest BCUT2D eigenvalue weighted by Gasteiger charge is 2.40. The first-order valence-electron chi connectivity index (χ1n) is 11.8. The number of nitrogens with zero attached hydrogens (tertiary/aromatic N) is 1. The van der Waals surface area contributed by atoms with Gasteiger partial charge in [0.1, 0.15) is 24.2 Å². The Hall–Kier alpha value is -3.14. The molecular formula is C24H32ClN5O5. The summed E-state index contributed by atoms with van der Waals surface area (Å²) in [6.07, 6.45) is 1.18. The third kappa shape index (κ3) is 6.50. The first-order valence-corrected chi connectivity index (χ1v) is 12.2. The highest BCUT2D eigenvalue weighted by atomic mass is 35.5. The second-order valence-corrected chi connectivity index (χ2v) is 9.71. The zero-order valence-corrected chi connectivity index (χ0v) is 20.8. The molecule has 0 unspecified atom stereocenters. The molecule has 190 valence electrons. The second-order valence-electron chi connectivity index (χ2n) is 9.27. The van der Waals surface area contributed by atoms with Crippen LogP contribution in [0.4, 0.5) is 0 Å². The van der Waals surface area contributed by atoms with Crippen LogP contribution >= 0.6 is 11.6 Å². The molecule has 0 bridgehead atoms. The maximum atomic E-state index is 13.2. The molecule has 2 saturated heterocycles. The minimum absolute atomic E-state index is 0.195. The molecule has 2 aliphatic rings. The van der Waals surface area contributed by atoms with Gasteiger partial charge in [0, 0.05) is 13.0 Å². The van der Waals surface area contributed by atoms with Gasteiger partial charge >= 0.3 is 0 Å². The maximum absolute atomic E-state index is 13.2. The minimum atomic E-state index is -1.41. The molecule has 11 heteroatoms. The number of hydrogen-bond acceptors (Lipinski definition) is 5. The predicted molar refractivity (Wildman–Crippen MR) is 129 cm³/mol. The first kappa shape index (κ1) is 26.5. The van der Waals surface area contributed by atoms with Crippen molar-refractivity contribution in [1.29, 1.82) is 0 Å². The number of alkyl halides is 1. The SMILES string of the molecule is CC(C)[C@@H]1NC(=O)[C@@H](C)NC(=O)[C@H](Cc2ccccc2)NC(=O)[C@@H]2CCCN2C(=O)[C@@H](Cl)NC1=O. The second kappa shape index (κ2) is 11.5. The van der Waals surface area contributed by atoms with E-state index in [4.69, 9.17) is 11.6 Å². The normalized spacial score (nSPS) is 28.9. The van der Waals surface area contributed by atoms with E-state index >= 15 is 0 Å². The molecule has 0 aromatic heterocycles. The Bertz CT molecular complexity index is 972. The zero-order chi connectivity index (χ0) is 25.7. The molecule has 1 aromatic carbocycles. The van der Waals surface area contributed by atoms with E-state index in [-0.39, 0.29) is 12.3 Å². The summed E-state index contributed by atoms with van der Waals surface area (Å²) in [7, 11) is 0. The van der Waals surface area contributed by atoms with Gasteiger partial charge in [-0.15, -0.1) is 0 Å². The van der Waals surface area contributed by atoms with E-state index in [2.05, 4.69) is 21.3 Å². The monoisotopic (exact) mass is 505 g/mol. The molecule has 3 rings (SSSR count). The first-order chi connectivity index (χ1) is 16.6. The van der Waals surface area contributed by atoms with Gasteiger partial charge in [-0.3, -0.25) is 24.0 Å². The third-order valence-corrected chi connectivity index (χ3v) is 6.53. The molecule has 5 atom stereocenters. The molecule has 0 saturated carbocycles. The maximum Gasteiger partial charge on any atom is 0.261 e. The molecule has 10 nitrogen and oxygen atoms in total. The lowest BCUT2D eigenvalue weighted by molar-refractivity contribution is -0.140. The van der Waals surface area contributed by atoms with Gasteiger partial charge in [-0.1, -0.05) is 55.8 Å². The summed E-state index contributed by atoms with van der Waals surface area (Å²) in [4.78, 5) is 66.3. The van der Waals surface area contributed by atoms with Crippen LogP contribution in [0.25, 0.3) is 0 Å². The van der Waals surface area contributed by atoms with Crippen molar-refractivity contribution in [2.75, 3.05) is 6.54 Å². The lowest BCUT2D eigenvalue weighted by atomic mass is 10.0. The van der Waals surface area contributed by atoms with Crippen LogP contribution in [-0.2, 0) is 30.4 Å². The van der Waals surface area contributed by atoms with Gasteiger partial charge in [-0.25, -0.2) is 0 Å². The Labute approximate surface area is 209 Å². The Morgan fingerprint density at radius 3 is 2.26 bits per heavy atom. The summed E-state index contributed by atoms with van der Waals surface area (Å²) in [5, 5.41) is 10.5. The third-order valence-electron chi connectivity index (χ3n) is 6.24. The van der Waals surface area contributed by atoms with Crippen molar-refractivity contribution in [1.82, 2.24) is 26.2 Å². The fourth-order valence-electron chi connectivity index (χ4n) is 4.24. The standard InChI is InChI=1S/C24H32ClN5O5/c1-13(2)18-23(34)29-19(25)24(35)30-11-7-10-17(30)22(33)27-16(12-15-8-5-4-6-9-15)21(32)26-14(3)20(31)28-18/h4-6,8-9,13-14,16-19H,7,10-12H2,1-3H3,(H,26,32)(H,27,33)(H,28,31)(H,29,34)/t14-,16+,17+,18+,19+/m1/s1. The molecule has 2 aliphatic heterocycles. The van der Waals surface area contributed by atoms with Crippen LogP contribution in [0, 0.1) is 5.92 Å². The van der Waals surface area contributed by atoms with Crippen LogP contribution in [0.3, 0.4) is 0 Å². The summed E-state index contributed by atoms with van der Waals surface area (Å²) in [5.41, 5.74) is -0.589. The largest absolute Gasteiger partial charge is 0.343 e. The Morgan fingerprint density at radius 2 is 1.60 bits per heavy atom. The molecule has 0 aliphatic carbocycles. The van der Waals surface area contributed by atoms with Gasteiger partial charge in [-0.05, 0) is 31.2 Å². The number of benzene rings is 1. The van der Waals surface area contributed by atoms with E-state index in [0.717, 1.165) is 5.56 Å². The van der Waals surface area contributed by atoms with Gasteiger partial charge in [0.25, 0.3) is 5.91 Å². The number of rotatable bonds is 3. The van der Waals surface area contributed by atoms with Crippen molar-refractivity contribution in [3.63, 3.8) is 0 Å². The summed E-state index contributed by atoms with van der Waals surface area (Å²) in [6.45, 7) is 5.27. The van der Waals surface area contributed by atoms with Crippen LogP contribution < -0.4 is 21.3 Å². The van der Waals surface area contributed by atoms with Gasteiger partial charge < -0.3 is 26.2 Å². The Kier molecular flexibility index (Phi) is 8.71. The number of nitrogens with one attached hydrogen (secondary N) is 4. The quantitative estimate of drug-likeness (QED) is 0.340. The molecule has 0 spiro atoms. The van der Waals surface area contributed by atoms with E-state index in [9.17, 15) is 24.0 Å². The fourth-order valence-corrected chi connectivity index (χ4v) is 4.48. The molecule has 5 amide bonds. The summed E-state index contributed by atoms with van der Waals surface area (Å²) < 4.78 is 0. The Morgan fingerprint density at radius 1 is 0.914 bits per heavy atom. The van der Waals surface area contributed by atoms with Crippen LogP contribution in [-0.4, -0.2) is 70.6 Å². The summed E-state index contributed by atoms with van der Waals surface area (Å²) >= 11 is 6.24. The number of hydrogen-bond donors (Lipinski definition) is 4. The summed E-state index contributed by atoms with van der Waals surface area (Å²) in [6, 6.07) is 5.40. The van der Waals surface area contributed by atoms with Gasteiger partial charge in [0.15, 0.2) is 5.50 Å². The topological polar surface area (TPSA) is 137 Å². The number of fused-ring (bicyclic) bond motifs is 1. The molecule has 35 heavy (non-hydrogen) atoms. The molecule has 2 heterocycles. The Balaban J connectivity index is 1.93. The van der Waals surface area contributed by atoms with Crippen LogP contribution in [0.1, 0.15) is 39.2 Å².